The lowest BCUT2D eigenvalue weighted by atomic mass is 10.2. The van der Waals surface area contributed by atoms with E-state index in [1.165, 1.54) is 11.5 Å². The lowest BCUT2D eigenvalue weighted by molar-refractivity contribution is -0.122. The molecule has 1 aromatic rings. The molecule has 6 heteroatoms. The summed E-state index contributed by atoms with van der Waals surface area (Å²) < 4.78 is 3.70. The second-order valence-corrected chi connectivity index (χ2v) is 3.46. The molecular weight excluding hydrogens is 188 g/mol. The van der Waals surface area contributed by atoms with Crippen LogP contribution in [0.1, 0.15) is 25.6 Å². The molecule has 0 fully saturated rings. The standard InChI is InChI=1S/C7H12N4OS/c1-4(8)7(12)9-5(2)6-3-13-11-10-6/h3-5H,8H2,1-2H3,(H,9,12)/t4-,5?/m0/s1. The van der Waals surface area contributed by atoms with Gasteiger partial charge in [0.15, 0.2) is 0 Å². The summed E-state index contributed by atoms with van der Waals surface area (Å²) in [7, 11) is 0. The van der Waals surface area contributed by atoms with Crippen LogP contribution in [0.4, 0.5) is 0 Å². The van der Waals surface area contributed by atoms with Crippen LogP contribution in [0.3, 0.4) is 0 Å². The van der Waals surface area contributed by atoms with Gasteiger partial charge < -0.3 is 11.1 Å². The van der Waals surface area contributed by atoms with E-state index in [1.54, 1.807) is 12.3 Å². The summed E-state index contributed by atoms with van der Waals surface area (Å²) in [6, 6.07) is -0.619. The number of aromatic nitrogens is 2. The molecule has 1 rings (SSSR count). The van der Waals surface area contributed by atoms with Crippen LogP contribution in [0.25, 0.3) is 0 Å². The molecule has 0 spiro atoms. The van der Waals surface area contributed by atoms with Gasteiger partial charge in [0.05, 0.1) is 17.8 Å². The fourth-order valence-electron chi connectivity index (χ4n) is 0.779. The summed E-state index contributed by atoms with van der Waals surface area (Å²) in [5, 5.41) is 8.36. The molecule has 1 amide bonds. The van der Waals surface area contributed by atoms with Gasteiger partial charge in [-0.3, -0.25) is 4.79 Å². The number of hydrogen-bond donors (Lipinski definition) is 2. The first-order valence-corrected chi connectivity index (χ1v) is 4.78. The van der Waals surface area contributed by atoms with E-state index < -0.39 is 6.04 Å². The third-order valence-electron chi connectivity index (χ3n) is 1.59. The molecule has 5 nitrogen and oxygen atoms in total. The molecular formula is C7H12N4OS. The minimum Gasteiger partial charge on any atom is -0.347 e. The molecule has 0 aliphatic carbocycles. The molecule has 0 saturated carbocycles. The first kappa shape index (κ1) is 10.1. The summed E-state index contributed by atoms with van der Waals surface area (Å²) in [5.41, 5.74) is 6.16. The topological polar surface area (TPSA) is 80.9 Å². The maximum atomic E-state index is 11.2. The van der Waals surface area contributed by atoms with Crippen LogP contribution in [-0.4, -0.2) is 21.5 Å². The van der Waals surface area contributed by atoms with E-state index in [0.717, 1.165) is 5.69 Å². The minimum absolute atomic E-state index is 0.128. The third-order valence-corrected chi connectivity index (χ3v) is 2.12. The van der Waals surface area contributed by atoms with Crippen molar-refractivity contribution in [1.82, 2.24) is 14.9 Å². The molecule has 2 atom stereocenters. The van der Waals surface area contributed by atoms with E-state index in [2.05, 4.69) is 14.9 Å². The molecule has 0 radical (unpaired) electrons. The summed E-state index contributed by atoms with van der Waals surface area (Å²) in [6.45, 7) is 3.48. The SMILES string of the molecule is CC(NC(=O)[C@H](C)N)c1csnn1. The number of carbonyl (C=O) groups excluding carboxylic acids is 1. The highest BCUT2D eigenvalue weighted by molar-refractivity contribution is 7.03. The van der Waals surface area contributed by atoms with Crippen molar-refractivity contribution in [2.45, 2.75) is 25.9 Å². The zero-order valence-electron chi connectivity index (χ0n) is 7.52. The second kappa shape index (κ2) is 4.29. The predicted molar refractivity (Wildman–Crippen MR) is 50.1 cm³/mol. The van der Waals surface area contributed by atoms with Crippen LogP contribution in [0.2, 0.25) is 0 Å². The number of nitrogens with zero attached hydrogens (tertiary/aromatic N) is 2. The second-order valence-electron chi connectivity index (χ2n) is 2.85. The molecule has 1 unspecified atom stereocenters. The highest BCUT2D eigenvalue weighted by atomic mass is 32.1. The normalized spacial score (nSPS) is 15.0. The Morgan fingerprint density at radius 3 is 2.85 bits per heavy atom. The molecule has 3 N–H and O–H groups in total. The number of nitrogens with two attached hydrogens (primary N) is 1. The fraction of sp³-hybridized carbons (Fsp3) is 0.571. The molecule has 13 heavy (non-hydrogen) atoms. The fourth-order valence-corrected chi connectivity index (χ4v) is 1.33. The van der Waals surface area contributed by atoms with Gasteiger partial charge in [-0.2, -0.15) is 0 Å². The van der Waals surface area contributed by atoms with Crippen molar-refractivity contribution in [3.8, 4) is 0 Å². The summed E-state index contributed by atoms with van der Waals surface area (Å²) in [4.78, 5) is 11.2. The van der Waals surface area contributed by atoms with Gasteiger partial charge in [0.1, 0.15) is 0 Å². The quantitative estimate of drug-likeness (QED) is 0.723. The van der Waals surface area contributed by atoms with Gasteiger partial charge in [0.25, 0.3) is 0 Å². The minimum atomic E-state index is -0.492. The summed E-state index contributed by atoms with van der Waals surface area (Å²) in [6.07, 6.45) is 0. The van der Waals surface area contributed by atoms with Crippen LogP contribution in [0, 0.1) is 0 Å². The Bertz CT molecular complexity index is 272. The van der Waals surface area contributed by atoms with Crippen molar-refractivity contribution in [3.05, 3.63) is 11.1 Å². The van der Waals surface area contributed by atoms with Crippen LogP contribution in [-0.2, 0) is 4.79 Å². The Hall–Kier alpha value is -1.01. The molecule has 1 aromatic heterocycles. The van der Waals surface area contributed by atoms with Crippen molar-refractivity contribution in [2.24, 2.45) is 5.73 Å². The number of nitrogens with one attached hydrogen (secondary N) is 1. The Balaban J connectivity index is 2.51. The number of carbonyl (C=O) groups is 1. The van der Waals surface area contributed by atoms with Gasteiger partial charge in [0, 0.05) is 5.38 Å². The van der Waals surface area contributed by atoms with E-state index in [9.17, 15) is 4.79 Å². The largest absolute Gasteiger partial charge is 0.347 e. The van der Waals surface area contributed by atoms with Crippen LogP contribution < -0.4 is 11.1 Å². The third kappa shape index (κ3) is 2.74. The van der Waals surface area contributed by atoms with Crippen molar-refractivity contribution in [1.29, 1.82) is 0 Å². The van der Waals surface area contributed by atoms with Gasteiger partial charge in [-0.25, -0.2) is 0 Å². The van der Waals surface area contributed by atoms with Crippen molar-refractivity contribution in [3.63, 3.8) is 0 Å². The van der Waals surface area contributed by atoms with Gasteiger partial charge in [-0.15, -0.1) is 5.10 Å². The average molecular weight is 200 g/mol. The molecule has 1 heterocycles. The molecule has 72 valence electrons. The lowest BCUT2D eigenvalue weighted by Crippen LogP contribution is -2.39. The van der Waals surface area contributed by atoms with E-state index in [0.29, 0.717) is 0 Å². The van der Waals surface area contributed by atoms with E-state index in [4.69, 9.17) is 5.73 Å². The van der Waals surface area contributed by atoms with E-state index >= 15 is 0 Å². The Morgan fingerprint density at radius 2 is 2.38 bits per heavy atom. The highest BCUT2D eigenvalue weighted by Gasteiger charge is 2.13. The summed E-state index contributed by atoms with van der Waals surface area (Å²) in [5.74, 6) is -0.180. The monoisotopic (exact) mass is 200 g/mol. The highest BCUT2D eigenvalue weighted by Crippen LogP contribution is 2.09. The van der Waals surface area contributed by atoms with Gasteiger partial charge in [-0.05, 0) is 25.4 Å². The molecule has 0 aromatic carbocycles. The first-order valence-electron chi connectivity index (χ1n) is 3.94. The van der Waals surface area contributed by atoms with E-state index in [1.807, 2.05) is 6.92 Å². The smallest absolute Gasteiger partial charge is 0.237 e. The molecule has 0 aliphatic rings. The van der Waals surface area contributed by atoms with Gasteiger partial charge in [0.2, 0.25) is 5.91 Å². The van der Waals surface area contributed by atoms with Gasteiger partial charge >= 0.3 is 0 Å². The lowest BCUT2D eigenvalue weighted by Gasteiger charge is -2.12. The molecule has 0 bridgehead atoms. The predicted octanol–water partition coefficient (Wildman–Crippen LogP) is 0.0625. The molecule has 0 saturated heterocycles. The number of hydrogen-bond acceptors (Lipinski definition) is 5. The van der Waals surface area contributed by atoms with Crippen molar-refractivity contribution in [2.75, 3.05) is 0 Å². The Kier molecular flexibility index (Phi) is 3.32. The maximum absolute atomic E-state index is 11.2. The average Bonchev–Trinajstić information content (AvgIpc) is 2.55. The van der Waals surface area contributed by atoms with Crippen LogP contribution in [0.15, 0.2) is 5.38 Å². The molecule has 0 aliphatic heterocycles. The number of rotatable bonds is 3. The van der Waals surface area contributed by atoms with E-state index in [-0.39, 0.29) is 11.9 Å². The van der Waals surface area contributed by atoms with Crippen molar-refractivity contribution >= 4 is 17.4 Å². The Morgan fingerprint density at radius 1 is 1.69 bits per heavy atom. The zero-order valence-corrected chi connectivity index (χ0v) is 8.34. The zero-order chi connectivity index (χ0) is 9.84. The van der Waals surface area contributed by atoms with Crippen molar-refractivity contribution < 1.29 is 4.79 Å². The van der Waals surface area contributed by atoms with Gasteiger partial charge in [-0.1, -0.05) is 4.49 Å². The maximum Gasteiger partial charge on any atom is 0.237 e. The Labute approximate surface area is 80.5 Å². The summed E-state index contributed by atoms with van der Waals surface area (Å²) >= 11 is 1.26. The first-order chi connectivity index (χ1) is 6.11. The van der Waals surface area contributed by atoms with Crippen LogP contribution in [0.5, 0.6) is 0 Å². The number of amides is 1. The van der Waals surface area contributed by atoms with Crippen LogP contribution >= 0.6 is 11.5 Å².